The maximum atomic E-state index is 5.61. The molecule has 2 aromatic heterocycles. The lowest BCUT2D eigenvalue weighted by molar-refractivity contribution is -0.697. The average molecular weight is 496 g/mol. The van der Waals surface area contributed by atoms with Crippen LogP contribution >= 0.6 is 0 Å². The highest BCUT2D eigenvalue weighted by Gasteiger charge is 2.06. The second-order valence-electron chi connectivity index (χ2n) is 10.8. The molecular weight excluding hydrogens is 438 g/mol. The van der Waals surface area contributed by atoms with Crippen LogP contribution in [-0.4, -0.2) is 6.54 Å². The Kier molecular flexibility index (Phi) is 18.1. The quantitative estimate of drug-likeness (QED) is 0.122. The molecule has 0 fully saturated rings. The van der Waals surface area contributed by atoms with E-state index in [9.17, 15) is 0 Å². The van der Waals surface area contributed by atoms with Crippen molar-refractivity contribution in [3.8, 4) is 11.1 Å². The smallest absolute Gasteiger partial charge is 0.169 e. The van der Waals surface area contributed by atoms with Crippen LogP contribution in [0.25, 0.3) is 11.1 Å². The Morgan fingerprint density at radius 1 is 0.444 bits per heavy atom. The van der Waals surface area contributed by atoms with Crippen LogP contribution < -0.4 is 14.9 Å². The van der Waals surface area contributed by atoms with E-state index >= 15 is 0 Å². The van der Waals surface area contributed by atoms with E-state index in [2.05, 4.69) is 65.1 Å². The summed E-state index contributed by atoms with van der Waals surface area (Å²) in [5.41, 5.74) is 8.17. The molecule has 0 aromatic carbocycles. The van der Waals surface area contributed by atoms with Crippen molar-refractivity contribution in [1.82, 2.24) is 0 Å². The van der Waals surface area contributed by atoms with Crippen LogP contribution in [0, 0.1) is 0 Å². The Balaban J connectivity index is 1.39. The van der Waals surface area contributed by atoms with E-state index in [0.717, 1.165) is 26.1 Å². The molecule has 2 heterocycles. The molecule has 0 saturated heterocycles. The highest BCUT2D eigenvalue weighted by atomic mass is 14.9. The fourth-order valence-corrected chi connectivity index (χ4v) is 5.07. The van der Waals surface area contributed by atoms with Crippen LogP contribution in [0.15, 0.2) is 49.1 Å². The molecule has 0 spiro atoms. The first-order chi connectivity index (χ1) is 17.8. The van der Waals surface area contributed by atoms with Gasteiger partial charge in [0.25, 0.3) is 0 Å². The topological polar surface area (TPSA) is 33.8 Å². The molecule has 2 N–H and O–H groups in total. The van der Waals surface area contributed by atoms with Crippen LogP contribution in [-0.2, 0) is 13.1 Å². The summed E-state index contributed by atoms with van der Waals surface area (Å²) in [5.74, 6) is 0. The molecule has 0 saturated carbocycles. The average Bonchev–Trinajstić information content (AvgIpc) is 2.92. The number of rotatable bonds is 23. The SMILES string of the molecule is CCCCCCCCCCCCCCCCCCCC[n+]1ccc(-c2cc[n+](CCCN)cc2)cc1. The largest absolute Gasteiger partial charge is 0.330 e. The normalized spacial score (nSPS) is 11.3. The van der Waals surface area contributed by atoms with E-state index in [1.165, 1.54) is 127 Å². The molecular formula is C33H57N3+2. The van der Waals surface area contributed by atoms with Crippen molar-refractivity contribution >= 4 is 0 Å². The number of pyridine rings is 2. The Labute approximate surface area is 223 Å². The van der Waals surface area contributed by atoms with E-state index in [1.54, 1.807) is 0 Å². The van der Waals surface area contributed by atoms with Crippen molar-refractivity contribution in [2.75, 3.05) is 6.54 Å². The minimum atomic E-state index is 0.743. The summed E-state index contributed by atoms with van der Waals surface area (Å²) in [5, 5.41) is 0. The van der Waals surface area contributed by atoms with Gasteiger partial charge in [-0.1, -0.05) is 110 Å². The van der Waals surface area contributed by atoms with Gasteiger partial charge < -0.3 is 5.73 Å². The minimum absolute atomic E-state index is 0.743. The Bertz CT molecular complexity index is 739. The third-order valence-corrected chi connectivity index (χ3v) is 7.51. The van der Waals surface area contributed by atoms with Crippen LogP contribution in [0.1, 0.15) is 129 Å². The third-order valence-electron chi connectivity index (χ3n) is 7.51. The molecule has 3 nitrogen and oxygen atoms in total. The van der Waals surface area contributed by atoms with Crippen LogP contribution in [0.3, 0.4) is 0 Å². The predicted octanol–water partition coefficient (Wildman–Crippen LogP) is 8.32. The van der Waals surface area contributed by atoms with Crippen LogP contribution in [0.5, 0.6) is 0 Å². The molecule has 0 aliphatic heterocycles. The van der Waals surface area contributed by atoms with Gasteiger partial charge in [0.2, 0.25) is 0 Å². The van der Waals surface area contributed by atoms with E-state index in [0.29, 0.717) is 0 Å². The molecule has 0 aliphatic rings. The number of hydrogen-bond acceptors (Lipinski definition) is 1. The van der Waals surface area contributed by atoms with E-state index in [1.807, 2.05) is 0 Å². The van der Waals surface area contributed by atoms with Crippen molar-refractivity contribution in [2.24, 2.45) is 5.73 Å². The van der Waals surface area contributed by atoms with Gasteiger partial charge in [0.1, 0.15) is 13.1 Å². The molecule has 202 valence electrons. The summed E-state index contributed by atoms with van der Waals surface area (Å²) < 4.78 is 4.54. The van der Waals surface area contributed by atoms with Gasteiger partial charge in [0.05, 0.1) is 0 Å². The van der Waals surface area contributed by atoms with Gasteiger partial charge in [0, 0.05) is 37.1 Å². The Hall–Kier alpha value is -1.74. The summed E-state index contributed by atoms with van der Waals surface area (Å²) >= 11 is 0. The monoisotopic (exact) mass is 495 g/mol. The van der Waals surface area contributed by atoms with Crippen molar-refractivity contribution in [1.29, 1.82) is 0 Å². The molecule has 0 unspecified atom stereocenters. The second kappa shape index (κ2) is 21.4. The second-order valence-corrected chi connectivity index (χ2v) is 10.8. The van der Waals surface area contributed by atoms with E-state index < -0.39 is 0 Å². The molecule has 0 aliphatic carbocycles. The van der Waals surface area contributed by atoms with Gasteiger partial charge in [-0.2, -0.15) is 0 Å². The molecule has 0 bridgehead atoms. The summed E-state index contributed by atoms with van der Waals surface area (Å²) in [6.07, 6.45) is 35.6. The predicted molar refractivity (Wildman–Crippen MR) is 155 cm³/mol. The molecule has 0 amide bonds. The van der Waals surface area contributed by atoms with Crippen molar-refractivity contribution < 1.29 is 9.13 Å². The maximum absolute atomic E-state index is 5.61. The van der Waals surface area contributed by atoms with E-state index in [-0.39, 0.29) is 0 Å². The Morgan fingerprint density at radius 3 is 1.08 bits per heavy atom. The van der Waals surface area contributed by atoms with Crippen molar-refractivity contribution in [2.45, 2.75) is 142 Å². The lowest BCUT2D eigenvalue weighted by atomic mass is 10.0. The molecule has 2 rings (SSSR count). The number of hydrogen-bond donors (Lipinski definition) is 1. The lowest BCUT2D eigenvalue weighted by Gasteiger charge is -2.04. The Morgan fingerprint density at radius 2 is 0.750 bits per heavy atom. The van der Waals surface area contributed by atoms with Gasteiger partial charge >= 0.3 is 0 Å². The number of unbranched alkanes of at least 4 members (excludes halogenated alkanes) is 17. The fourth-order valence-electron chi connectivity index (χ4n) is 5.07. The first-order valence-corrected chi connectivity index (χ1v) is 15.5. The van der Waals surface area contributed by atoms with Crippen molar-refractivity contribution in [3.05, 3.63) is 49.1 Å². The van der Waals surface area contributed by atoms with Gasteiger partial charge in [-0.3, -0.25) is 0 Å². The molecule has 0 radical (unpaired) electrons. The highest BCUT2D eigenvalue weighted by Crippen LogP contribution is 2.16. The van der Waals surface area contributed by atoms with Crippen LogP contribution in [0.2, 0.25) is 0 Å². The number of aryl methyl sites for hydroxylation is 2. The zero-order valence-electron chi connectivity index (χ0n) is 23.6. The standard InChI is InChI=1S/C33H57N3/c1-2-3-4-5-6-7-8-9-10-11-12-13-14-15-16-17-18-19-26-35-28-21-32(22-29-35)33-23-30-36(31-24-33)27-20-25-34/h21-24,28-31H,2-20,25-27,34H2,1H3/q+2. The van der Waals surface area contributed by atoms with Crippen LogP contribution in [0.4, 0.5) is 0 Å². The molecule has 2 aromatic rings. The van der Waals surface area contributed by atoms with Gasteiger partial charge in [-0.15, -0.1) is 0 Å². The van der Waals surface area contributed by atoms with E-state index in [4.69, 9.17) is 5.73 Å². The third kappa shape index (κ3) is 14.7. The summed E-state index contributed by atoms with van der Waals surface area (Å²) in [6.45, 7) is 5.16. The molecule has 36 heavy (non-hydrogen) atoms. The number of nitrogens with zero attached hydrogens (tertiary/aromatic N) is 2. The minimum Gasteiger partial charge on any atom is -0.330 e. The number of nitrogens with two attached hydrogens (primary N) is 1. The van der Waals surface area contributed by atoms with Gasteiger partial charge in [-0.25, -0.2) is 9.13 Å². The zero-order valence-corrected chi connectivity index (χ0v) is 23.6. The zero-order chi connectivity index (χ0) is 25.5. The first-order valence-electron chi connectivity index (χ1n) is 15.5. The number of aromatic nitrogens is 2. The highest BCUT2D eigenvalue weighted by molar-refractivity contribution is 5.60. The lowest BCUT2D eigenvalue weighted by Crippen LogP contribution is -2.33. The summed E-state index contributed by atoms with van der Waals surface area (Å²) in [7, 11) is 0. The maximum Gasteiger partial charge on any atom is 0.169 e. The van der Waals surface area contributed by atoms with Gasteiger partial charge in [-0.05, 0) is 24.1 Å². The molecule has 0 atom stereocenters. The molecule has 3 heteroatoms. The summed E-state index contributed by atoms with van der Waals surface area (Å²) in [6, 6.07) is 8.89. The summed E-state index contributed by atoms with van der Waals surface area (Å²) in [4.78, 5) is 0. The van der Waals surface area contributed by atoms with Gasteiger partial charge in [0.15, 0.2) is 24.8 Å². The first kappa shape index (κ1) is 30.5. The fraction of sp³-hybridized carbons (Fsp3) is 0.697. The van der Waals surface area contributed by atoms with Crippen molar-refractivity contribution in [3.63, 3.8) is 0 Å².